The van der Waals surface area contributed by atoms with Crippen LogP contribution in [0.4, 0.5) is 13.2 Å². The highest BCUT2D eigenvalue weighted by Gasteiger charge is 2.44. The largest absolute Gasteiger partial charge is 0.416 e. The SMILES string of the molecule is CC(=O)CCC(NC(=O)[C@H](C)CC(=O)[C@@H](NC(=O)[C@@H](CC(=O)c1ccc(-c2ccccc2)cc1)C(C)C)c1ccccc1)C(O)C(F)(F)F. The van der Waals surface area contributed by atoms with Gasteiger partial charge in [-0.3, -0.25) is 19.2 Å². The molecule has 3 N–H and O–H groups in total. The molecule has 49 heavy (non-hydrogen) atoms. The van der Waals surface area contributed by atoms with Gasteiger partial charge >= 0.3 is 6.18 Å². The van der Waals surface area contributed by atoms with Crippen LogP contribution < -0.4 is 10.6 Å². The summed E-state index contributed by atoms with van der Waals surface area (Å²) in [5, 5.41) is 14.7. The molecule has 262 valence electrons. The highest BCUT2D eigenvalue weighted by Crippen LogP contribution is 2.27. The molecule has 0 aromatic heterocycles. The van der Waals surface area contributed by atoms with Crippen molar-refractivity contribution in [3.8, 4) is 11.1 Å². The molecule has 11 heteroatoms. The van der Waals surface area contributed by atoms with Crippen molar-refractivity contribution in [3.05, 3.63) is 96.1 Å². The first-order valence-electron chi connectivity index (χ1n) is 16.2. The van der Waals surface area contributed by atoms with Crippen LogP contribution in [0.3, 0.4) is 0 Å². The van der Waals surface area contributed by atoms with Crippen LogP contribution in [0, 0.1) is 17.8 Å². The first kappa shape index (κ1) is 38.8. The lowest BCUT2D eigenvalue weighted by molar-refractivity contribution is -0.213. The van der Waals surface area contributed by atoms with Crippen LogP contribution in [0.15, 0.2) is 84.9 Å². The van der Waals surface area contributed by atoms with Gasteiger partial charge in [-0.25, -0.2) is 0 Å². The lowest BCUT2D eigenvalue weighted by Gasteiger charge is -2.27. The summed E-state index contributed by atoms with van der Waals surface area (Å²) < 4.78 is 39.8. The summed E-state index contributed by atoms with van der Waals surface area (Å²) >= 11 is 0. The third-order valence-corrected chi connectivity index (χ3v) is 8.41. The fourth-order valence-corrected chi connectivity index (χ4v) is 5.41. The van der Waals surface area contributed by atoms with Crippen molar-refractivity contribution >= 4 is 29.2 Å². The third-order valence-electron chi connectivity index (χ3n) is 8.41. The molecule has 0 spiro atoms. The lowest BCUT2D eigenvalue weighted by Crippen LogP contribution is -2.51. The minimum Gasteiger partial charge on any atom is -0.382 e. The Labute approximate surface area is 284 Å². The molecule has 3 aromatic carbocycles. The summed E-state index contributed by atoms with van der Waals surface area (Å²) in [6, 6.07) is 22.0. The van der Waals surface area contributed by atoms with Gasteiger partial charge in [0.05, 0.1) is 6.04 Å². The minimum absolute atomic E-state index is 0.119. The second-order valence-corrected chi connectivity index (χ2v) is 12.7. The maximum Gasteiger partial charge on any atom is 0.416 e. The smallest absolute Gasteiger partial charge is 0.382 e. The summed E-state index contributed by atoms with van der Waals surface area (Å²) in [5.41, 5.74) is 2.79. The van der Waals surface area contributed by atoms with Crippen molar-refractivity contribution in [2.75, 3.05) is 0 Å². The second-order valence-electron chi connectivity index (χ2n) is 12.7. The molecule has 0 saturated heterocycles. The van der Waals surface area contributed by atoms with Crippen molar-refractivity contribution in [2.45, 2.75) is 77.7 Å². The fourth-order valence-electron chi connectivity index (χ4n) is 5.41. The Balaban J connectivity index is 1.74. The second kappa shape index (κ2) is 17.7. The summed E-state index contributed by atoms with van der Waals surface area (Å²) in [5.74, 6) is -4.93. The fraction of sp³-hybridized carbons (Fsp3) is 0.395. The molecule has 0 radical (unpaired) electrons. The van der Waals surface area contributed by atoms with E-state index in [2.05, 4.69) is 10.6 Å². The van der Waals surface area contributed by atoms with Crippen LogP contribution in [0.1, 0.15) is 75.3 Å². The van der Waals surface area contributed by atoms with E-state index in [0.717, 1.165) is 11.1 Å². The summed E-state index contributed by atoms with van der Waals surface area (Å²) in [7, 11) is 0. The van der Waals surface area contributed by atoms with E-state index in [0.29, 0.717) is 11.1 Å². The predicted octanol–water partition coefficient (Wildman–Crippen LogP) is 6.43. The highest BCUT2D eigenvalue weighted by atomic mass is 19.4. The van der Waals surface area contributed by atoms with Gasteiger partial charge in [-0.15, -0.1) is 0 Å². The van der Waals surface area contributed by atoms with Crippen LogP contribution in [-0.4, -0.2) is 52.6 Å². The predicted molar refractivity (Wildman–Crippen MR) is 179 cm³/mol. The molecule has 0 fully saturated rings. The van der Waals surface area contributed by atoms with E-state index in [4.69, 9.17) is 0 Å². The van der Waals surface area contributed by atoms with E-state index < -0.39 is 72.4 Å². The van der Waals surface area contributed by atoms with Gasteiger partial charge in [0.25, 0.3) is 0 Å². The van der Waals surface area contributed by atoms with Crippen molar-refractivity contribution in [3.63, 3.8) is 0 Å². The number of carbonyl (C=O) groups excluding carboxylic acids is 5. The number of benzene rings is 3. The number of rotatable bonds is 17. The highest BCUT2D eigenvalue weighted by molar-refractivity contribution is 6.00. The molecule has 0 saturated carbocycles. The zero-order valence-electron chi connectivity index (χ0n) is 28.0. The molecule has 3 rings (SSSR count). The van der Waals surface area contributed by atoms with Gasteiger partial charge in [-0.2, -0.15) is 13.2 Å². The maximum absolute atomic E-state index is 13.7. The summed E-state index contributed by atoms with van der Waals surface area (Å²) in [4.78, 5) is 65.0. The van der Waals surface area contributed by atoms with Crippen molar-refractivity contribution in [1.82, 2.24) is 10.6 Å². The quantitative estimate of drug-likeness (QED) is 0.141. The number of carbonyl (C=O) groups is 5. The maximum atomic E-state index is 13.7. The number of aliphatic hydroxyl groups is 1. The van der Waals surface area contributed by atoms with Gasteiger partial charge < -0.3 is 20.5 Å². The number of ketones is 3. The van der Waals surface area contributed by atoms with E-state index in [1.165, 1.54) is 13.8 Å². The molecule has 2 amide bonds. The van der Waals surface area contributed by atoms with E-state index in [1.54, 1.807) is 56.3 Å². The van der Waals surface area contributed by atoms with Crippen molar-refractivity contribution in [1.29, 1.82) is 0 Å². The number of nitrogens with one attached hydrogen (secondary N) is 2. The Morgan fingerprint density at radius 1 is 0.735 bits per heavy atom. The third kappa shape index (κ3) is 11.5. The van der Waals surface area contributed by atoms with Crippen LogP contribution in [0.5, 0.6) is 0 Å². The standard InChI is InChI=1S/C38H43F3N2O6/c1-23(2)30(22-32(45)28-18-16-27(17-19-28)26-11-7-5-8-12-26)37(49)43-34(29-13-9-6-10-14-29)33(46)21-24(3)36(48)42-31(20-15-25(4)44)35(47)38(39,40)41/h5-14,16-19,23-24,30-31,34-35,47H,15,20-22H2,1-4H3,(H,42,48)(H,43,49)/t24-,30+,31?,34+,35?/m1/s1. The van der Waals surface area contributed by atoms with Gasteiger partial charge in [-0.05, 0) is 36.0 Å². The number of alkyl halides is 3. The normalized spacial score (nSPS) is 14.6. The van der Waals surface area contributed by atoms with Crippen LogP contribution in [0.2, 0.25) is 0 Å². The molecular formula is C38H43F3N2O6. The number of amides is 2. The number of aliphatic hydroxyl groups excluding tert-OH is 1. The first-order chi connectivity index (χ1) is 23.1. The van der Waals surface area contributed by atoms with Crippen molar-refractivity contribution in [2.24, 2.45) is 17.8 Å². The Bertz CT molecular complexity index is 1580. The zero-order valence-corrected chi connectivity index (χ0v) is 28.0. The van der Waals surface area contributed by atoms with Gasteiger partial charge in [0, 0.05) is 36.7 Å². The summed E-state index contributed by atoms with van der Waals surface area (Å²) in [6.45, 7) is 6.11. The van der Waals surface area contributed by atoms with Gasteiger partial charge in [-0.1, -0.05) is 106 Å². The average molecular weight is 681 g/mol. The molecule has 8 nitrogen and oxygen atoms in total. The van der Waals surface area contributed by atoms with Crippen LogP contribution >= 0.6 is 0 Å². The average Bonchev–Trinajstić information content (AvgIpc) is 3.07. The van der Waals surface area contributed by atoms with Gasteiger partial charge in [0.15, 0.2) is 17.7 Å². The van der Waals surface area contributed by atoms with E-state index in [-0.39, 0.29) is 24.5 Å². The Hall–Kier alpha value is -4.64. The molecule has 0 aliphatic heterocycles. The molecule has 3 aromatic rings. The van der Waals surface area contributed by atoms with E-state index in [9.17, 15) is 42.3 Å². The molecule has 0 heterocycles. The lowest BCUT2D eigenvalue weighted by atomic mass is 9.87. The topological polar surface area (TPSA) is 130 Å². The number of hydrogen-bond donors (Lipinski definition) is 3. The number of halogens is 3. The monoisotopic (exact) mass is 680 g/mol. The van der Waals surface area contributed by atoms with E-state index >= 15 is 0 Å². The van der Waals surface area contributed by atoms with Gasteiger partial charge in [0.1, 0.15) is 11.8 Å². The Kier molecular flexibility index (Phi) is 14.0. The minimum atomic E-state index is -5.05. The van der Waals surface area contributed by atoms with E-state index in [1.807, 2.05) is 42.5 Å². The number of Topliss-reactive ketones (excluding diaryl/α,β-unsaturated/α-hetero) is 3. The number of hydrogen-bond acceptors (Lipinski definition) is 6. The molecule has 0 aliphatic carbocycles. The Morgan fingerprint density at radius 3 is 1.82 bits per heavy atom. The van der Waals surface area contributed by atoms with Crippen LogP contribution in [0.25, 0.3) is 11.1 Å². The molecule has 5 atom stereocenters. The summed E-state index contributed by atoms with van der Waals surface area (Å²) in [6.07, 6.45) is -9.27. The van der Waals surface area contributed by atoms with Crippen LogP contribution in [-0.2, 0) is 19.2 Å². The molecular weight excluding hydrogens is 637 g/mol. The molecule has 0 aliphatic rings. The first-order valence-corrected chi connectivity index (χ1v) is 16.2. The molecule has 0 bridgehead atoms. The van der Waals surface area contributed by atoms with Gasteiger partial charge in [0.2, 0.25) is 11.8 Å². The molecule has 2 unspecified atom stereocenters. The van der Waals surface area contributed by atoms with Crippen molar-refractivity contribution < 1.29 is 42.3 Å². The zero-order chi connectivity index (χ0) is 36.3. The Morgan fingerprint density at radius 2 is 1.29 bits per heavy atom.